The van der Waals surface area contributed by atoms with Crippen molar-refractivity contribution < 1.29 is 31.8 Å². The molecule has 0 bridgehead atoms. The van der Waals surface area contributed by atoms with Gasteiger partial charge in [0, 0.05) is 18.3 Å². The zero-order valence-electron chi connectivity index (χ0n) is 17.5. The SMILES string of the molecule is C[C@@H](O)[C@H](C(=O)N1Cc2cn(S(=O)(=O)c3ccc(OC(F)F)cc3)nc2C1)c1ccccc1. The summed E-state index contributed by atoms with van der Waals surface area (Å²) in [7, 11) is -4.05. The Kier molecular flexibility index (Phi) is 6.17. The molecule has 0 saturated heterocycles. The van der Waals surface area contributed by atoms with Gasteiger partial charge in [-0.1, -0.05) is 30.3 Å². The Morgan fingerprint density at radius 3 is 2.33 bits per heavy atom. The average molecular weight is 477 g/mol. The number of carbonyl (C=O) groups is 1. The molecule has 2 heterocycles. The van der Waals surface area contributed by atoms with Crippen molar-refractivity contribution in [3.05, 3.63) is 77.6 Å². The number of ether oxygens (including phenoxy) is 1. The standard InChI is InChI=1S/C22H21F2N3O5S/c1-14(28)20(15-5-3-2-4-6-15)21(29)26-11-16-12-27(25-19(16)13-26)33(30,31)18-9-7-17(8-10-18)32-22(23)24/h2-10,12,14,20,22,28H,11,13H2,1H3/t14-,20+/m1/s1. The second-order valence-electron chi connectivity index (χ2n) is 7.65. The van der Waals surface area contributed by atoms with Crippen molar-refractivity contribution in [3.8, 4) is 5.75 Å². The van der Waals surface area contributed by atoms with Gasteiger partial charge in [0.05, 0.1) is 29.2 Å². The second-order valence-corrected chi connectivity index (χ2v) is 9.45. The Morgan fingerprint density at radius 2 is 1.76 bits per heavy atom. The number of hydrogen-bond acceptors (Lipinski definition) is 6. The fraction of sp³-hybridized carbons (Fsp3) is 0.273. The third-order valence-electron chi connectivity index (χ3n) is 5.37. The lowest BCUT2D eigenvalue weighted by Crippen LogP contribution is -2.36. The number of nitrogens with zero attached hydrogens (tertiary/aromatic N) is 3. The summed E-state index contributed by atoms with van der Waals surface area (Å²) in [6, 6.07) is 13.5. The molecule has 0 saturated carbocycles. The smallest absolute Gasteiger partial charge is 0.387 e. The molecule has 1 aliphatic heterocycles. The van der Waals surface area contributed by atoms with Gasteiger partial charge in [0.25, 0.3) is 10.0 Å². The first kappa shape index (κ1) is 22.9. The van der Waals surface area contributed by atoms with Crippen LogP contribution in [0.2, 0.25) is 0 Å². The van der Waals surface area contributed by atoms with E-state index in [-0.39, 0.29) is 29.6 Å². The van der Waals surface area contributed by atoms with Crippen LogP contribution >= 0.6 is 0 Å². The summed E-state index contributed by atoms with van der Waals surface area (Å²) in [5, 5.41) is 14.4. The molecule has 3 aromatic rings. The first-order chi connectivity index (χ1) is 15.7. The summed E-state index contributed by atoms with van der Waals surface area (Å²) in [6.07, 6.45) is 0.423. The number of carbonyl (C=O) groups excluding carboxylic acids is 1. The zero-order chi connectivity index (χ0) is 23.8. The minimum Gasteiger partial charge on any atom is -0.435 e. The quantitative estimate of drug-likeness (QED) is 0.562. The topological polar surface area (TPSA) is 102 Å². The van der Waals surface area contributed by atoms with E-state index in [1.54, 1.807) is 31.2 Å². The molecule has 1 amide bonds. The third kappa shape index (κ3) is 4.60. The van der Waals surface area contributed by atoms with Crippen LogP contribution in [0.4, 0.5) is 8.78 Å². The lowest BCUT2D eigenvalue weighted by atomic mass is 9.93. The highest BCUT2D eigenvalue weighted by Gasteiger charge is 2.35. The van der Waals surface area contributed by atoms with E-state index in [9.17, 15) is 27.1 Å². The molecule has 0 radical (unpaired) electrons. The van der Waals surface area contributed by atoms with E-state index >= 15 is 0 Å². The van der Waals surface area contributed by atoms with Gasteiger partial charge in [-0.2, -0.15) is 26.4 Å². The van der Waals surface area contributed by atoms with Crippen molar-refractivity contribution in [1.29, 1.82) is 0 Å². The largest absolute Gasteiger partial charge is 0.435 e. The minimum atomic E-state index is -4.05. The Labute approximate surface area is 189 Å². The molecule has 1 aromatic heterocycles. The van der Waals surface area contributed by atoms with Gasteiger partial charge in [0.1, 0.15) is 5.75 Å². The lowest BCUT2D eigenvalue weighted by molar-refractivity contribution is -0.135. The van der Waals surface area contributed by atoms with Gasteiger partial charge < -0.3 is 14.7 Å². The zero-order valence-corrected chi connectivity index (χ0v) is 18.3. The van der Waals surface area contributed by atoms with E-state index in [2.05, 4.69) is 9.84 Å². The van der Waals surface area contributed by atoms with Crippen LogP contribution in [0.5, 0.6) is 5.75 Å². The van der Waals surface area contributed by atoms with Gasteiger partial charge >= 0.3 is 6.61 Å². The van der Waals surface area contributed by atoms with E-state index in [1.165, 1.54) is 11.1 Å². The molecule has 8 nitrogen and oxygen atoms in total. The minimum absolute atomic E-state index is 0.105. The molecule has 0 aliphatic carbocycles. The molecule has 33 heavy (non-hydrogen) atoms. The summed E-state index contributed by atoms with van der Waals surface area (Å²) < 4.78 is 55.4. The van der Waals surface area contributed by atoms with Gasteiger partial charge in [-0.25, -0.2) is 0 Å². The summed E-state index contributed by atoms with van der Waals surface area (Å²) in [5.74, 6) is -1.19. The maximum absolute atomic E-state index is 13.1. The van der Waals surface area contributed by atoms with E-state index in [4.69, 9.17) is 0 Å². The number of aromatic nitrogens is 2. The van der Waals surface area contributed by atoms with E-state index in [0.717, 1.165) is 28.4 Å². The monoisotopic (exact) mass is 477 g/mol. The van der Waals surface area contributed by atoms with Crippen LogP contribution in [-0.2, 0) is 27.9 Å². The predicted molar refractivity (Wildman–Crippen MR) is 113 cm³/mol. The van der Waals surface area contributed by atoms with Gasteiger partial charge in [-0.3, -0.25) is 4.79 Å². The summed E-state index contributed by atoms with van der Waals surface area (Å²) >= 11 is 0. The van der Waals surface area contributed by atoms with Crippen LogP contribution in [0.25, 0.3) is 0 Å². The highest BCUT2D eigenvalue weighted by Crippen LogP contribution is 2.29. The van der Waals surface area contributed by atoms with Crippen LogP contribution in [0.15, 0.2) is 65.7 Å². The lowest BCUT2D eigenvalue weighted by Gasteiger charge is -2.25. The molecule has 0 unspecified atom stereocenters. The van der Waals surface area contributed by atoms with Crippen molar-refractivity contribution in [1.82, 2.24) is 14.1 Å². The van der Waals surface area contributed by atoms with Crippen LogP contribution in [0.1, 0.15) is 29.7 Å². The molecule has 11 heteroatoms. The molecule has 2 atom stereocenters. The number of aliphatic hydroxyl groups is 1. The van der Waals surface area contributed by atoms with Crippen molar-refractivity contribution >= 4 is 15.9 Å². The van der Waals surface area contributed by atoms with E-state index < -0.39 is 28.7 Å². The number of rotatable bonds is 7. The molecule has 0 fully saturated rings. The molecule has 1 aliphatic rings. The molecule has 174 valence electrons. The van der Waals surface area contributed by atoms with Gasteiger partial charge in [0.2, 0.25) is 5.91 Å². The molecular formula is C22H21F2N3O5S. The summed E-state index contributed by atoms with van der Waals surface area (Å²) in [6.45, 7) is -1.20. The Hall–Kier alpha value is -3.31. The predicted octanol–water partition coefficient (Wildman–Crippen LogP) is 2.73. The Bertz CT molecular complexity index is 1220. The molecule has 1 N–H and O–H groups in total. The number of fused-ring (bicyclic) bond motifs is 1. The van der Waals surface area contributed by atoms with Crippen molar-refractivity contribution in [2.75, 3.05) is 0 Å². The average Bonchev–Trinajstić information content (AvgIpc) is 3.34. The summed E-state index contributed by atoms with van der Waals surface area (Å²) in [4.78, 5) is 14.5. The number of hydrogen-bond donors (Lipinski definition) is 1. The van der Waals surface area contributed by atoms with E-state index in [1.807, 2.05) is 6.07 Å². The molecule has 2 aromatic carbocycles. The van der Waals surface area contributed by atoms with Gasteiger partial charge in [-0.15, -0.1) is 0 Å². The second kappa shape index (κ2) is 8.91. The number of halogens is 2. The van der Waals surface area contributed by atoms with Gasteiger partial charge in [-0.05, 0) is 36.8 Å². The normalized spacial score (nSPS) is 15.4. The van der Waals surface area contributed by atoms with Gasteiger partial charge in [0.15, 0.2) is 0 Å². The third-order valence-corrected chi connectivity index (χ3v) is 6.92. The molecule has 4 rings (SSSR count). The van der Waals surface area contributed by atoms with Crippen LogP contribution in [0, 0.1) is 0 Å². The summed E-state index contributed by atoms with van der Waals surface area (Å²) in [5.41, 5.74) is 1.69. The van der Waals surface area contributed by atoms with Crippen LogP contribution < -0.4 is 4.74 Å². The fourth-order valence-corrected chi connectivity index (χ4v) is 4.96. The first-order valence-electron chi connectivity index (χ1n) is 10.1. The number of aliphatic hydroxyl groups excluding tert-OH is 1. The molecule has 0 spiro atoms. The number of alkyl halides is 2. The van der Waals surface area contributed by atoms with Crippen LogP contribution in [0.3, 0.4) is 0 Å². The van der Waals surface area contributed by atoms with Crippen molar-refractivity contribution in [3.63, 3.8) is 0 Å². The highest BCUT2D eigenvalue weighted by atomic mass is 32.2. The maximum atomic E-state index is 13.1. The Morgan fingerprint density at radius 1 is 1.09 bits per heavy atom. The van der Waals surface area contributed by atoms with Crippen molar-refractivity contribution in [2.24, 2.45) is 0 Å². The maximum Gasteiger partial charge on any atom is 0.387 e. The Balaban J connectivity index is 1.51. The van der Waals surface area contributed by atoms with E-state index in [0.29, 0.717) is 16.8 Å². The van der Waals surface area contributed by atoms with Crippen LogP contribution in [-0.4, -0.2) is 46.2 Å². The number of amides is 1. The number of benzene rings is 2. The first-order valence-corrected chi connectivity index (χ1v) is 11.5. The fourth-order valence-electron chi connectivity index (χ4n) is 3.79. The molecular weight excluding hydrogens is 456 g/mol. The highest BCUT2D eigenvalue weighted by molar-refractivity contribution is 7.89. The van der Waals surface area contributed by atoms with Crippen molar-refractivity contribution in [2.45, 2.75) is 43.5 Å².